The molecule has 13 heavy (non-hydrogen) atoms. The van der Waals surface area contributed by atoms with E-state index in [1.165, 1.54) is 6.92 Å². The second-order valence-electron chi connectivity index (χ2n) is 3.53. The topological polar surface area (TPSA) is 71.4 Å². The highest BCUT2D eigenvalue weighted by Gasteiger charge is 2.27. The second-order valence-corrected chi connectivity index (χ2v) is 5.97. The second kappa shape index (κ2) is 4.60. The van der Waals surface area contributed by atoms with Crippen molar-refractivity contribution >= 4 is 15.8 Å². The van der Waals surface area contributed by atoms with E-state index in [0.29, 0.717) is 6.42 Å². The van der Waals surface area contributed by atoms with Crippen molar-refractivity contribution in [2.75, 3.05) is 5.75 Å². The molecule has 0 aliphatic rings. The van der Waals surface area contributed by atoms with Gasteiger partial charge in [-0.25, -0.2) is 8.42 Å². The average molecular weight is 208 g/mol. The fraction of sp³-hybridized carbons (Fsp3) is 0.875. The minimum Gasteiger partial charge on any atom is -0.480 e. The molecule has 78 valence electrons. The Morgan fingerprint density at radius 2 is 1.77 bits per heavy atom. The number of carboxylic acids is 1. The fourth-order valence-electron chi connectivity index (χ4n) is 0.730. The average Bonchev–Trinajstić information content (AvgIpc) is 1.99. The van der Waals surface area contributed by atoms with E-state index in [9.17, 15) is 13.2 Å². The number of rotatable bonds is 5. The van der Waals surface area contributed by atoms with Crippen LogP contribution in [0.1, 0.15) is 27.2 Å². The third-order valence-corrected chi connectivity index (χ3v) is 3.95. The first-order valence-corrected chi connectivity index (χ1v) is 5.93. The molecule has 0 rings (SSSR count). The molecule has 0 aromatic rings. The molecule has 5 heteroatoms. The van der Waals surface area contributed by atoms with Crippen LogP contribution in [0.4, 0.5) is 0 Å². The first kappa shape index (κ1) is 12.4. The maximum atomic E-state index is 11.3. The predicted molar refractivity (Wildman–Crippen MR) is 50.3 cm³/mol. The summed E-state index contributed by atoms with van der Waals surface area (Å²) in [6.07, 6.45) is 0.514. The molecular formula is C8H16O4S. The Hall–Kier alpha value is -0.580. The van der Waals surface area contributed by atoms with Crippen LogP contribution in [0.25, 0.3) is 0 Å². The Morgan fingerprint density at radius 3 is 2.08 bits per heavy atom. The zero-order valence-electron chi connectivity index (χ0n) is 8.15. The molecule has 0 saturated heterocycles. The quantitative estimate of drug-likeness (QED) is 0.729. The van der Waals surface area contributed by atoms with Crippen molar-refractivity contribution in [2.24, 2.45) is 5.92 Å². The molecule has 0 aliphatic heterocycles. The summed E-state index contributed by atoms with van der Waals surface area (Å²) in [7, 11) is -3.45. The van der Waals surface area contributed by atoms with E-state index in [1.54, 1.807) is 0 Å². The van der Waals surface area contributed by atoms with Crippen LogP contribution in [-0.2, 0) is 14.6 Å². The lowest BCUT2D eigenvalue weighted by Crippen LogP contribution is -2.29. The van der Waals surface area contributed by atoms with Crippen LogP contribution in [0.15, 0.2) is 0 Å². The summed E-state index contributed by atoms with van der Waals surface area (Å²) < 4.78 is 22.6. The van der Waals surface area contributed by atoms with Gasteiger partial charge in [0.1, 0.15) is 0 Å². The first-order valence-electron chi connectivity index (χ1n) is 4.21. The van der Waals surface area contributed by atoms with Gasteiger partial charge in [0.2, 0.25) is 0 Å². The minimum absolute atomic E-state index is 0.0435. The van der Waals surface area contributed by atoms with Gasteiger partial charge < -0.3 is 5.11 Å². The number of carbonyl (C=O) groups is 1. The molecule has 1 N–H and O–H groups in total. The lowest BCUT2D eigenvalue weighted by Gasteiger charge is -2.09. The van der Waals surface area contributed by atoms with Crippen molar-refractivity contribution in [2.45, 2.75) is 32.4 Å². The van der Waals surface area contributed by atoms with Gasteiger partial charge in [0.15, 0.2) is 15.1 Å². The van der Waals surface area contributed by atoms with Crippen molar-refractivity contribution in [1.82, 2.24) is 0 Å². The van der Waals surface area contributed by atoms with Crippen LogP contribution >= 0.6 is 0 Å². The van der Waals surface area contributed by atoms with Crippen LogP contribution in [0.2, 0.25) is 0 Å². The van der Waals surface area contributed by atoms with Gasteiger partial charge in [-0.05, 0) is 19.3 Å². The predicted octanol–water partition coefficient (Wildman–Crippen LogP) is 0.920. The maximum absolute atomic E-state index is 11.3. The monoisotopic (exact) mass is 208 g/mol. The van der Waals surface area contributed by atoms with E-state index in [0.717, 1.165) is 0 Å². The lowest BCUT2D eigenvalue weighted by molar-refractivity contribution is -0.136. The van der Waals surface area contributed by atoms with Crippen molar-refractivity contribution in [3.05, 3.63) is 0 Å². The molecule has 0 fully saturated rings. The van der Waals surface area contributed by atoms with E-state index in [1.807, 2.05) is 13.8 Å². The van der Waals surface area contributed by atoms with Gasteiger partial charge in [-0.2, -0.15) is 0 Å². The van der Waals surface area contributed by atoms with Gasteiger partial charge in [0.25, 0.3) is 0 Å². The van der Waals surface area contributed by atoms with Gasteiger partial charge in [-0.1, -0.05) is 13.8 Å². The largest absolute Gasteiger partial charge is 0.480 e. The van der Waals surface area contributed by atoms with Gasteiger partial charge in [0, 0.05) is 0 Å². The van der Waals surface area contributed by atoms with Crippen molar-refractivity contribution in [1.29, 1.82) is 0 Å². The zero-order chi connectivity index (χ0) is 10.6. The molecule has 4 nitrogen and oxygen atoms in total. The Kier molecular flexibility index (Phi) is 4.39. The van der Waals surface area contributed by atoms with Gasteiger partial charge >= 0.3 is 5.97 Å². The zero-order valence-corrected chi connectivity index (χ0v) is 8.97. The molecule has 0 spiro atoms. The number of sulfone groups is 1. The summed E-state index contributed by atoms with van der Waals surface area (Å²) in [6.45, 7) is 5.01. The number of hydrogen-bond acceptors (Lipinski definition) is 3. The van der Waals surface area contributed by atoms with Crippen LogP contribution in [0.5, 0.6) is 0 Å². The molecular weight excluding hydrogens is 192 g/mol. The van der Waals surface area contributed by atoms with Crippen LogP contribution in [0, 0.1) is 5.92 Å². The minimum atomic E-state index is -3.45. The molecule has 0 heterocycles. The molecule has 0 radical (unpaired) electrons. The summed E-state index contributed by atoms with van der Waals surface area (Å²) in [6, 6.07) is 0. The summed E-state index contributed by atoms with van der Waals surface area (Å²) >= 11 is 0. The van der Waals surface area contributed by atoms with Crippen LogP contribution in [0.3, 0.4) is 0 Å². The molecule has 0 amide bonds. The molecule has 0 aromatic heterocycles. The van der Waals surface area contributed by atoms with E-state index in [4.69, 9.17) is 5.11 Å². The summed E-state index contributed by atoms with van der Waals surface area (Å²) in [5.41, 5.74) is 0. The van der Waals surface area contributed by atoms with E-state index >= 15 is 0 Å². The smallest absolute Gasteiger partial charge is 0.321 e. The number of aliphatic carboxylic acids is 1. The highest BCUT2D eigenvalue weighted by molar-refractivity contribution is 7.92. The number of hydrogen-bond donors (Lipinski definition) is 1. The fourth-order valence-corrected chi connectivity index (χ4v) is 2.19. The standard InChI is InChI=1S/C8H16O4S/c1-6(2)4-5-13(11,12)7(3)8(9)10/h6-7H,4-5H2,1-3H3,(H,9,10). The molecule has 1 unspecified atom stereocenters. The molecule has 0 bridgehead atoms. The Balaban J connectivity index is 4.33. The normalized spacial score (nSPS) is 14.5. The Labute approximate surface area is 78.9 Å². The summed E-state index contributed by atoms with van der Waals surface area (Å²) in [4.78, 5) is 10.4. The first-order chi connectivity index (χ1) is 5.77. The van der Waals surface area contributed by atoms with Gasteiger partial charge in [0.05, 0.1) is 5.75 Å². The van der Waals surface area contributed by atoms with Gasteiger partial charge in [-0.15, -0.1) is 0 Å². The summed E-state index contributed by atoms with van der Waals surface area (Å²) in [5.74, 6) is -1.04. The third kappa shape index (κ3) is 4.26. The Bertz CT molecular complexity index is 266. The summed E-state index contributed by atoms with van der Waals surface area (Å²) in [5, 5.41) is 7.22. The SMILES string of the molecule is CC(C)CCS(=O)(=O)C(C)C(=O)O. The lowest BCUT2D eigenvalue weighted by atomic mass is 10.2. The van der Waals surface area contributed by atoms with Crippen molar-refractivity contribution in [3.8, 4) is 0 Å². The highest BCUT2D eigenvalue weighted by Crippen LogP contribution is 2.08. The van der Waals surface area contributed by atoms with E-state index in [-0.39, 0.29) is 11.7 Å². The third-order valence-electron chi connectivity index (χ3n) is 1.87. The number of carboxylic acid groups (broad SMARTS) is 1. The Morgan fingerprint density at radius 1 is 1.31 bits per heavy atom. The molecule has 0 saturated carbocycles. The molecule has 1 atom stereocenters. The van der Waals surface area contributed by atoms with Crippen molar-refractivity contribution < 1.29 is 18.3 Å². The molecule has 0 aromatic carbocycles. The van der Waals surface area contributed by atoms with E-state index < -0.39 is 21.1 Å². The molecule has 0 aliphatic carbocycles. The van der Waals surface area contributed by atoms with Crippen LogP contribution < -0.4 is 0 Å². The van der Waals surface area contributed by atoms with Gasteiger partial charge in [-0.3, -0.25) is 4.79 Å². The maximum Gasteiger partial charge on any atom is 0.321 e. The van der Waals surface area contributed by atoms with E-state index in [2.05, 4.69) is 0 Å². The van der Waals surface area contributed by atoms with Crippen LogP contribution in [-0.4, -0.2) is 30.5 Å². The highest BCUT2D eigenvalue weighted by atomic mass is 32.2. The van der Waals surface area contributed by atoms with Crippen molar-refractivity contribution in [3.63, 3.8) is 0 Å².